The summed E-state index contributed by atoms with van der Waals surface area (Å²) in [7, 11) is -3.15. The number of halogens is 2. The molecular formula is C26H29ClFN5O3S. The number of aromatic nitrogens is 4. The summed E-state index contributed by atoms with van der Waals surface area (Å²) < 4.78 is 42.4. The van der Waals surface area contributed by atoms with E-state index in [1.54, 1.807) is 71.9 Å². The Labute approximate surface area is 221 Å². The van der Waals surface area contributed by atoms with Crippen LogP contribution in [0.3, 0.4) is 0 Å². The lowest BCUT2D eigenvalue weighted by Crippen LogP contribution is -2.30. The Morgan fingerprint density at radius 2 is 1.68 bits per heavy atom. The largest absolute Gasteiger partial charge is 0.338 e. The van der Waals surface area contributed by atoms with Gasteiger partial charge in [-0.15, -0.1) is 12.4 Å². The Morgan fingerprint density at radius 3 is 2.30 bits per heavy atom. The zero-order chi connectivity index (χ0) is 25.8. The van der Waals surface area contributed by atoms with Gasteiger partial charge in [0, 0.05) is 43.2 Å². The number of imidazole rings is 1. The van der Waals surface area contributed by atoms with Gasteiger partial charge in [-0.25, -0.2) is 22.3 Å². The highest BCUT2D eigenvalue weighted by Crippen LogP contribution is 2.31. The molecule has 3 heterocycles. The lowest BCUT2D eigenvalue weighted by Gasteiger charge is -2.21. The van der Waals surface area contributed by atoms with Gasteiger partial charge in [-0.1, -0.05) is 12.1 Å². The van der Waals surface area contributed by atoms with Crippen molar-refractivity contribution in [3.63, 3.8) is 0 Å². The highest BCUT2D eigenvalue weighted by molar-refractivity contribution is 7.89. The normalized spacial score (nSPS) is 15.3. The second-order valence-electron chi connectivity index (χ2n) is 9.47. The van der Waals surface area contributed by atoms with Crippen molar-refractivity contribution in [1.29, 1.82) is 0 Å². The van der Waals surface area contributed by atoms with Crippen LogP contribution in [0, 0.1) is 19.7 Å². The molecular weight excluding hydrogens is 517 g/mol. The van der Waals surface area contributed by atoms with Crippen molar-refractivity contribution in [3.05, 3.63) is 93.0 Å². The van der Waals surface area contributed by atoms with E-state index in [0.717, 1.165) is 24.2 Å². The van der Waals surface area contributed by atoms with Gasteiger partial charge in [-0.2, -0.15) is 5.10 Å². The van der Waals surface area contributed by atoms with Crippen LogP contribution in [0.2, 0.25) is 0 Å². The van der Waals surface area contributed by atoms with Gasteiger partial charge >= 0.3 is 5.69 Å². The summed E-state index contributed by atoms with van der Waals surface area (Å²) in [6.07, 6.45) is 5.29. The molecule has 0 fully saturated rings. The number of benzene rings is 2. The standard InChI is InChI=1S/C26H28FN5O3S.ClH/c1-16-13-21(14-17(2)24(16)27)32-25(23-18(3)28-10-9-22(23)29-32)31-12-11-30(26(31)33)20-7-5-19(6-8-20)15-36(4,34)35;/h5-8,11-14,18,28H,9-10,15H2,1-4H3;1H/t18-;/m0./s1. The van der Waals surface area contributed by atoms with Crippen molar-refractivity contribution in [2.24, 2.45) is 0 Å². The second-order valence-corrected chi connectivity index (χ2v) is 11.6. The second kappa shape index (κ2) is 9.92. The molecule has 37 heavy (non-hydrogen) atoms. The molecule has 0 unspecified atom stereocenters. The maximum absolute atomic E-state index is 14.4. The minimum Gasteiger partial charge on any atom is -0.310 e. The van der Waals surface area contributed by atoms with Gasteiger partial charge in [0.1, 0.15) is 11.6 Å². The number of aryl methyl sites for hydroxylation is 2. The molecule has 4 aromatic rings. The number of rotatable bonds is 5. The molecule has 2 aromatic carbocycles. The first-order valence-corrected chi connectivity index (χ1v) is 13.8. The quantitative estimate of drug-likeness (QED) is 0.412. The van der Waals surface area contributed by atoms with Crippen LogP contribution < -0.4 is 11.0 Å². The van der Waals surface area contributed by atoms with Crippen LogP contribution in [-0.4, -0.2) is 40.1 Å². The molecule has 2 aromatic heterocycles. The van der Waals surface area contributed by atoms with Crippen LogP contribution >= 0.6 is 12.4 Å². The first kappa shape index (κ1) is 26.8. The summed E-state index contributed by atoms with van der Waals surface area (Å²) in [4.78, 5) is 13.7. The Hall–Kier alpha value is -3.21. The lowest BCUT2D eigenvalue weighted by molar-refractivity contribution is 0.536. The van der Waals surface area contributed by atoms with Crippen LogP contribution in [0.5, 0.6) is 0 Å². The maximum Gasteiger partial charge on any atom is 0.338 e. The van der Waals surface area contributed by atoms with Gasteiger partial charge in [-0.05, 0) is 61.7 Å². The zero-order valence-corrected chi connectivity index (χ0v) is 22.7. The van der Waals surface area contributed by atoms with Crippen molar-refractivity contribution in [1.82, 2.24) is 24.2 Å². The predicted molar refractivity (Wildman–Crippen MR) is 144 cm³/mol. The molecule has 1 aliphatic rings. The van der Waals surface area contributed by atoms with E-state index in [2.05, 4.69) is 5.32 Å². The highest BCUT2D eigenvalue weighted by atomic mass is 35.5. The van der Waals surface area contributed by atoms with Gasteiger partial charge in [0.25, 0.3) is 0 Å². The molecule has 1 atom stereocenters. The molecule has 1 N–H and O–H groups in total. The van der Waals surface area contributed by atoms with Crippen molar-refractivity contribution >= 4 is 22.2 Å². The smallest absolute Gasteiger partial charge is 0.310 e. The fourth-order valence-corrected chi connectivity index (χ4v) is 5.65. The molecule has 8 nitrogen and oxygen atoms in total. The van der Waals surface area contributed by atoms with E-state index < -0.39 is 9.84 Å². The van der Waals surface area contributed by atoms with Crippen LogP contribution in [0.15, 0.2) is 53.6 Å². The van der Waals surface area contributed by atoms with E-state index in [4.69, 9.17) is 5.10 Å². The summed E-state index contributed by atoms with van der Waals surface area (Å²) in [5.74, 6) is 0.304. The Bertz CT molecular complexity index is 1610. The van der Waals surface area contributed by atoms with Crippen molar-refractivity contribution in [2.45, 2.75) is 39.0 Å². The number of fused-ring (bicyclic) bond motifs is 1. The molecule has 0 spiro atoms. The van der Waals surface area contributed by atoms with E-state index in [9.17, 15) is 17.6 Å². The van der Waals surface area contributed by atoms with Crippen LogP contribution in [-0.2, 0) is 22.0 Å². The third kappa shape index (κ3) is 5.01. The predicted octanol–water partition coefficient (Wildman–Crippen LogP) is 3.74. The molecule has 5 rings (SSSR count). The average Bonchev–Trinajstić information content (AvgIpc) is 3.38. The Morgan fingerprint density at radius 1 is 1.05 bits per heavy atom. The highest BCUT2D eigenvalue weighted by Gasteiger charge is 2.29. The summed E-state index contributed by atoms with van der Waals surface area (Å²) in [6, 6.07) is 10.3. The topological polar surface area (TPSA) is 90.9 Å². The molecule has 0 amide bonds. The van der Waals surface area contributed by atoms with Gasteiger partial charge in [0.15, 0.2) is 9.84 Å². The molecule has 0 radical (unpaired) electrons. The molecule has 1 aliphatic heterocycles. The summed E-state index contributed by atoms with van der Waals surface area (Å²) in [6.45, 7) is 6.25. The number of hydrogen-bond donors (Lipinski definition) is 1. The third-order valence-corrected chi connectivity index (χ3v) is 7.39. The van der Waals surface area contributed by atoms with E-state index in [1.807, 2.05) is 6.92 Å². The SMILES string of the molecule is Cc1cc(-n2nc3c(c2-n2ccn(-c4ccc(CS(C)(=O)=O)cc4)c2=O)[C@H](C)NCC3)cc(C)c1F.Cl. The number of sulfone groups is 1. The lowest BCUT2D eigenvalue weighted by atomic mass is 10.0. The van der Waals surface area contributed by atoms with Crippen LogP contribution in [0.25, 0.3) is 17.2 Å². The molecule has 0 bridgehead atoms. The monoisotopic (exact) mass is 545 g/mol. The van der Waals surface area contributed by atoms with Crippen molar-refractivity contribution in [3.8, 4) is 17.2 Å². The first-order chi connectivity index (χ1) is 17.0. The number of nitrogens with zero attached hydrogens (tertiary/aromatic N) is 4. The maximum atomic E-state index is 14.4. The Kier molecular flexibility index (Phi) is 7.20. The average molecular weight is 546 g/mol. The number of hydrogen-bond acceptors (Lipinski definition) is 5. The molecule has 0 aliphatic carbocycles. The molecule has 0 saturated heterocycles. The summed E-state index contributed by atoms with van der Waals surface area (Å²) >= 11 is 0. The number of nitrogens with one attached hydrogen (secondary N) is 1. The Balaban J connectivity index is 0.00000320. The van der Waals surface area contributed by atoms with Crippen LogP contribution in [0.1, 0.15) is 40.9 Å². The van der Waals surface area contributed by atoms with Gasteiger partial charge < -0.3 is 5.32 Å². The van der Waals surface area contributed by atoms with Gasteiger partial charge in [0.2, 0.25) is 0 Å². The minimum absolute atomic E-state index is 0. The zero-order valence-electron chi connectivity index (χ0n) is 21.0. The fourth-order valence-electron chi connectivity index (χ4n) is 4.85. The summed E-state index contributed by atoms with van der Waals surface area (Å²) in [5.41, 5.74) is 4.53. The summed E-state index contributed by atoms with van der Waals surface area (Å²) in [5, 5.41) is 8.30. The van der Waals surface area contributed by atoms with E-state index in [0.29, 0.717) is 33.9 Å². The molecule has 11 heteroatoms. The van der Waals surface area contributed by atoms with E-state index in [1.165, 1.54) is 10.8 Å². The molecule has 0 saturated carbocycles. The van der Waals surface area contributed by atoms with Crippen molar-refractivity contribution < 1.29 is 12.8 Å². The van der Waals surface area contributed by atoms with Gasteiger partial charge in [0.05, 0.1) is 22.8 Å². The van der Waals surface area contributed by atoms with E-state index in [-0.39, 0.29) is 35.7 Å². The molecule has 196 valence electrons. The first-order valence-electron chi connectivity index (χ1n) is 11.7. The minimum atomic E-state index is -3.15. The van der Waals surface area contributed by atoms with Crippen molar-refractivity contribution in [2.75, 3.05) is 12.8 Å². The third-order valence-electron chi connectivity index (χ3n) is 6.53. The van der Waals surface area contributed by atoms with Gasteiger partial charge in [-0.3, -0.25) is 9.13 Å². The van der Waals surface area contributed by atoms with Crippen LogP contribution in [0.4, 0.5) is 4.39 Å². The van der Waals surface area contributed by atoms with E-state index >= 15 is 0 Å². The fraction of sp³-hybridized carbons (Fsp3) is 0.308.